The average molecular weight is 399 g/mol. The van der Waals surface area contributed by atoms with Crippen LogP contribution < -0.4 is 5.73 Å². The molecule has 28 heavy (non-hydrogen) atoms. The zero-order chi connectivity index (χ0) is 19.7. The zero-order valence-electron chi connectivity index (χ0n) is 16.0. The van der Waals surface area contributed by atoms with Gasteiger partial charge in [0.1, 0.15) is 0 Å². The Morgan fingerprint density at radius 1 is 1.04 bits per heavy atom. The number of rotatable bonds is 6. The van der Waals surface area contributed by atoms with Crippen LogP contribution in [0.4, 0.5) is 0 Å². The third-order valence-corrected chi connectivity index (χ3v) is 8.09. The van der Waals surface area contributed by atoms with Crippen LogP contribution in [-0.4, -0.2) is 24.6 Å². The minimum atomic E-state index is -3.36. The van der Waals surface area contributed by atoms with Crippen LogP contribution in [0, 0.1) is 0 Å². The first kappa shape index (κ1) is 19.1. The molecule has 2 N–H and O–H groups in total. The molecule has 1 heterocycles. The van der Waals surface area contributed by atoms with Crippen molar-refractivity contribution in [3.8, 4) is 0 Å². The van der Waals surface area contributed by atoms with E-state index in [-0.39, 0.29) is 22.6 Å². The number of nitrogens with zero attached hydrogens (tertiary/aromatic N) is 1. The Labute approximate surface area is 166 Å². The number of primary amides is 1. The molecule has 2 aliphatic carbocycles. The normalized spacial score (nSPS) is 17.0. The van der Waals surface area contributed by atoms with Gasteiger partial charge in [-0.3, -0.25) is 4.79 Å². The third-order valence-electron chi connectivity index (χ3n) is 5.95. The summed E-state index contributed by atoms with van der Waals surface area (Å²) in [6.07, 6.45) is 7.21. The topological polar surface area (TPSA) is 90.1 Å². The van der Waals surface area contributed by atoms with Gasteiger partial charge in [0.05, 0.1) is 11.7 Å². The molecule has 5 nitrogen and oxygen atoms in total. The first-order chi connectivity index (χ1) is 13.4. The van der Waals surface area contributed by atoms with E-state index in [1.807, 2.05) is 30.3 Å². The summed E-state index contributed by atoms with van der Waals surface area (Å²) < 4.78 is 26.2. The van der Waals surface area contributed by atoms with Gasteiger partial charge in [-0.15, -0.1) is 0 Å². The summed E-state index contributed by atoms with van der Waals surface area (Å²) in [5.74, 6) is -0.346. The molecule has 0 aliphatic heterocycles. The molecule has 148 valence electrons. The fraction of sp³-hybridized carbons (Fsp3) is 0.455. The van der Waals surface area contributed by atoms with Gasteiger partial charge in [-0.2, -0.15) is 0 Å². The first-order valence-corrected chi connectivity index (χ1v) is 11.6. The Kier molecular flexibility index (Phi) is 5.23. The summed E-state index contributed by atoms with van der Waals surface area (Å²) in [5.41, 5.74) is 10.5. The van der Waals surface area contributed by atoms with Gasteiger partial charge in [0, 0.05) is 5.69 Å². The maximum absolute atomic E-state index is 13.1. The smallest absolute Gasteiger partial charge is 0.221 e. The Morgan fingerprint density at radius 3 is 2.39 bits per heavy atom. The second-order valence-corrected chi connectivity index (χ2v) is 10.2. The van der Waals surface area contributed by atoms with Crippen molar-refractivity contribution in [1.82, 2.24) is 4.98 Å². The molecule has 0 bridgehead atoms. The second kappa shape index (κ2) is 7.66. The highest BCUT2D eigenvalue weighted by atomic mass is 32.2. The summed E-state index contributed by atoms with van der Waals surface area (Å²) in [6.45, 7) is 0. The number of fused-ring (bicyclic) bond motifs is 1. The Morgan fingerprint density at radius 2 is 1.71 bits per heavy atom. The largest absolute Gasteiger partial charge is 0.369 e. The van der Waals surface area contributed by atoms with E-state index < -0.39 is 9.84 Å². The number of aryl methyl sites for hydroxylation is 1. The highest BCUT2D eigenvalue weighted by molar-refractivity contribution is 7.92. The number of nitrogens with two attached hydrogens (primary N) is 1. The van der Waals surface area contributed by atoms with Gasteiger partial charge in [-0.25, -0.2) is 13.4 Å². The van der Waals surface area contributed by atoms with Crippen LogP contribution >= 0.6 is 0 Å². The van der Waals surface area contributed by atoms with Gasteiger partial charge in [-0.05, 0) is 66.8 Å². The number of sulfone groups is 1. The van der Waals surface area contributed by atoms with E-state index in [4.69, 9.17) is 5.73 Å². The lowest BCUT2D eigenvalue weighted by Crippen LogP contribution is -2.20. The number of pyridine rings is 1. The summed E-state index contributed by atoms with van der Waals surface area (Å²) in [6, 6.07) is 9.63. The van der Waals surface area contributed by atoms with Crippen LogP contribution in [0.3, 0.4) is 0 Å². The van der Waals surface area contributed by atoms with Crippen molar-refractivity contribution in [2.24, 2.45) is 5.73 Å². The molecule has 1 aromatic heterocycles. The minimum Gasteiger partial charge on any atom is -0.369 e. The van der Waals surface area contributed by atoms with E-state index in [0.29, 0.717) is 6.42 Å². The molecule has 6 heteroatoms. The molecule has 0 unspecified atom stereocenters. The highest BCUT2D eigenvalue weighted by Gasteiger charge is 2.33. The highest BCUT2D eigenvalue weighted by Crippen LogP contribution is 2.33. The van der Waals surface area contributed by atoms with E-state index in [0.717, 1.165) is 67.3 Å². The fourth-order valence-electron chi connectivity index (χ4n) is 4.47. The van der Waals surface area contributed by atoms with Crippen molar-refractivity contribution in [3.05, 3.63) is 58.3 Å². The minimum absolute atomic E-state index is 0.231. The van der Waals surface area contributed by atoms with Crippen molar-refractivity contribution in [1.29, 1.82) is 0 Å². The van der Waals surface area contributed by atoms with Crippen molar-refractivity contribution in [2.75, 3.05) is 0 Å². The van der Waals surface area contributed by atoms with E-state index in [2.05, 4.69) is 4.98 Å². The summed E-state index contributed by atoms with van der Waals surface area (Å²) in [4.78, 5) is 15.7. The lowest BCUT2D eigenvalue weighted by atomic mass is 9.99. The third kappa shape index (κ3) is 3.83. The van der Waals surface area contributed by atoms with Gasteiger partial charge in [-0.1, -0.05) is 37.1 Å². The van der Waals surface area contributed by atoms with Gasteiger partial charge in [0.15, 0.2) is 14.9 Å². The maximum Gasteiger partial charge on any atom is 0.221 e. The van der Waals surface area contributed by atoms with E-state index in [1.165, 1.54) is 5.56 Å². The van der Waals surface area contributed by atoms with E-state index in [1.54, 1.807) is 0 Å². The van der Waals surface area contributed by atoms with Crippen LogP contribution in [0.15, 0.2) is 35.4 Å². The van der Waals surface area contributed by atoms with Crippen LogP contribution in [0.25, 0.3) is 0 Å². The number of carbonyl (C=O) groups excluding carboxylic acids is 1. The molecule has 0 radical (unpaired) electrons. The van der Waals surface area contributed by atoms with Crippen LogP contribution in [0.5, 0.6) is 0 Å². The number of amides is 1. The van der Waals surface area contributed by atoms with Crippen molar-refractivity contribution >= 4 is 15.7 Å². The lowest BCUT2D eigenvalue weighted by Gasteiger charge is -2.15. The number of hydrogen-bond donors (Lipinski definition) is 1. The quantitative estimate of drug-likeness (QED) is 0.810. The SMILES string of the molecule is NC(=O)Cc1ccc(Cc2cc(S(=O)(=O)C3CCCC3)nc3c2CCC3)cc1. The van der Waals surface area contributed by atoms with Gasteiger partial charge in [0.25, 0.3) is 0 Å². The molecule has 1 fully saturated rings. The molecule has 1 saturated carbocycles. The molecule has 4 rings (SSSR count). The van der Waals surface area contributed by atoms with Crippen molar-refractivity contribution in [3.63, 3.8) is 0 Å². The maximum atomic E-state index is 13.1. The molecule has 1 amide bonds. The van der Waals surface area contributed by atoms with Gasteiger partial charge >= 0.3 is 0 Å². The predicted molar refractivity (Wildman–Crippen MR) is 108 cm³/mol. The zero-order valence-corrected chi connectivity index (χ0v) is 16.8. The Hall–Kier alpha value is -2.21. The standard InChI is InChI=1S/C22H26N2O3S/c23-21(25)13-16-10-8-15(9-11-16)12-17-14-22(24-20-7-3-6-19(17)20)28(26,27)18-4-1-2-5-18/h8-11,14,18H,1-7,12-13H2,(H2,23,25). The lowest BCUT2D eigenvalue weighted by molar-refractivity contribution is -0.117. The fourth-order valence-corrected chi connectivity index (χ4v) is 6.31. The van der Waals surface area contributed by atoms with Gasteiger partial charge < -0.3 is 5.73 Å². The molecule has 2 aromatic rings. The number of aromatic nitrogens is 1. The second-order valence-electron chi connectivity index (χ2n) is 7.99. The molecule has 0 saturated heterocycles. The van der Waals surface area contributed by atoms with Gasteiger partial charge in [0.2, 0.25) is 5.91 Å². The number of carbonyl (C=O) groups is 1. The molecule has 2 aliphatic rings. The summed E-state index contributed by atoms with van der Waals surface area (Å²) in [5, 5.41) is -0.0132. The Bertz CT molecular complexity index is 991. The monoisotopic (exact) mass is 398 g/mol. The van der Waals surface area contributed by atoms with Crippen molar-refractivity contribution < 1.29 is 13.2 Å². The first-order valence-electron chi connectivity index (χ1n) is 10.0. The number of benzene rings is 1. The summed E-state index contributed by atoms with van der Waals surface area (Å²) in [7, 11) is -3.36. The average Bonchev–Trinajstić information content (AvgIpc) is 3.35. The molecule has 0 spiro atoms. The van der Waals surface area contributed by atoms with Crippen molar-refractivity contribution in [2.45, 2.75) is 68.1 Å². The van der Waals surface area contributed by atoms with Crippen LogP contribution in [0.1, 0.15) is 60.1 Å². The molecule has 1 aromatic carbocycles. The Balaban J connectivity index is 1.65. The summed E-state index contributed by atoms with van der Waals surface area (Å²) >= 11 is 0. The van der Waals surface area contributed by atoms with Crippen LogP contribution in [0.2, 0.25) is 0 Å². The van der Waals surface area contributed by atoms with Crippen LogP contribution in [-0.2, 0) is 40.3 Å². The van der Waals surface area contributed by atoms with E-state index in [9.17, 15) is 13.2 Å². The predicted octanol–water partition coefficient (Wildman–Crippen LogP) is 2.91. The molecule has 0 atom stereocenters. The molecular formula is C22H26N2O3S. The van der Waals surface area contributed by atoms with E-state index >= 15 is 0 Å². The number of hydrogen-bond acceptors (Lipinski definition) is 4. The molecular weight excluding hydrogens is 372 g/mol.